The van der Waals surface area contributed by atoms with Crippen molar-refractivity contribution in [3.8, 4) is 0 Å². The molecule has 0 radical (unpaired) electrons. The van der Waals surface area contributed by atoms with Crippen molar-refractivity contribution in [3.63, 3.8) is 0 Å². The highest BCUT2D eigenvalue weighted by atomic mass is 19.4. The molecule has 1 amide bonds. The molecule has 2 N–H and O–H groups in total. The number of carbonyl (C=O) groups is 1. The maximum absolute atomic E-state index is 13.4. The van der Waals surface area contributed by atoms with Crippen LogP contribution < -0.4 is 5.73 Å². The zero-order valence-electron chi connectivity index (χ0n) is 10.8. The van der Waals surface area contributed by atoms with Crippen LogP contribution in [0.3, 0.4) is 0 Å². The van der Waals surface area contributed by atoms with E-state index in [-0.39, 0.29) is 31.1 Å². The van der Waals surface area contributed by atoms with E-state index < -0.39 is 22.9 Å². The van der Waals surface area contributed by atoms with Crippen molar-refractivity contribution in [3.05, 3.63) is 0 Å². The van der Waals surface area contributed by atoms with E-state index in [0.717, 1.165) is 6.42 Å². The number of carbonyl (C=O) groups excluding carboxylic acids is 1. The van der Waals surface area contributed by atoms with Gasteiger partial charge in [-0.05, 0) is 43.9 Å². The average Bonchev–Trinajstić information content (AvgIpc) is 2.12. The molecule has 2 aliphatic rings. The lowest BCUT2D eigenvalue weighted by molar-refractivity contribution is -0.265. The molecule has 2 nitrogen and oxygen atoms in total. The first-order valence-electron chi connectivity index (χ1n) is 6.45. The summed E-state index contributed by atoms with van der Waals surface area (Å²) in [5.41, 5.74) is 2.64. The van der Waals surface area contributed by atoms with Crippen molar-refractivity contribution in [2.24, 2.45) is 28.4 Å². The van der Waals surface area contributed by atoms with Crippen molar-refractivity contribution >= 4 is 5.91 Å². The molecular weight excluding hydrogens is 243 g/mol. The van der Waals surface area contributed by atoms with E-state index >= 15 is 0 Å². The zero-order valence-corrected chi connectivity index (χ0v) is 10.8. The van der Waals surface area contributed by atoms with E-state index in [2.05, 4.69) is 0 Å². The summed E-state index contributed by atoms with van der Waals surface area (Å²) in [6, 6.07) is 0. The molecule has 0 aliphatic heterocycles. The van der Waals surface area contributed by atoms with Gasteiger partial charge in [-0.2, -0.15) is 13.2 Å². The molecule has 2 rings (SSSR count). The third kappa shape index (κ3) is 2.01. The Morgan fingerprint density at radius 1 is 1.28 bits per heavy atom. The third-order valence-corrected chi connectivity index (χ3v) is 4.82. The normalized spacial score (nSPS) is 44.7. The molecule has 4 atom stereocenters. The average molecular weight is 263 g/mol. The van der Waals surface area contributed by atoms with Crippen molar-refractivity contribution in [1.29, 1.82) is 0 Å². The molecule has 2 aliphatic carbocycles. The summed E-state index contributed by atoms with van der Waals surface area (Å²) in [6.07, 6.45) is -2.79. The number of fused-ring (bicyclic) bond motifs is 2. The number of hydrogen-bond acceptors (Lipinski definition) is 1. The van der Waals surface area contributed by atoms with Crippen molar-refractivity contribution in [1.82, 2.24) is 0 Å². The summed E-state index contributed by atoms with van der Waals surface area (Å²) in [7, 11) is 0. The molecule has 0 heterocycles. The minimum Gasteiger partial charge on any atom is -0.369 e. The van der Waals surface area contributed by atoms with E-state index in [4.69, 9.17) is 5.73 Å². The van der Waals surface area contributed by atoms with Crippen LogP contribution in [0.5, 0.6) is 0 Å². The molecule has 0 aromatic rings. The van der Waals surface area contributed by atoms with E-state index in [1.165, 1.54) is 0 Å². The van der Waals surface area contributed by atoms with Crippen molar-refractivity contribution in [2.45, 2.75) is 52.1 Å². The second kappa shape index (κ2) is 3.87. The number of nitrogens with two attached hydrogens (primary N) is 1. The van der Waals surface area contributed by atoms with Crippen LogP contribution >= 0.6 is 0 Å². The Morgan fingerprint density at radius 2 is 1.89 bits per heavy atom. The molecule has 2 fully saturated rings. The zero-order chi connectivity index (χ0) is 13.8. The standard InChI is InChI=1S/C13H20F3NO/c1-8-3-9-5-11(2,10(17)18)7-12(4-8,6-9)13(14,15)16/h8-9H,3-7H2,1-2H3,(H2,17,18). The highest BCUT2D eigenvalue weighted by Gasteiger charge is 2.63. The summed E-state index contributed by atoms with van der Waals surface area (Å²) in [4.78, 5) is 11.5. The van der Waals surface area contributed by atoms with Gasteiger partial charge in [-0.25, -0.2) is 0 Å². The Kier molecular flexibility index (Phi) is 2.95. The fourth-order valence-electron chi connectivity index (χ4n) is 4.31. The minimum absolute atomic E-state index is 0.0263. The molecule has 2 bridgehead atoms. The van der Waals surface area contributed by atoms with Crippen LogP contribution in [0.2, 0.25) is 0 Å². The second-order valence-corrected chi connectivity index (χ2v) is 6.70. The summed E-state index contributed by atoms with van der Waals surface area (Å²) in [6.45, 7) is 3.47. The van der Waals surface area contributed by atoms with Gasteiger partial charge in [0.25, 0.3) is 0 Å². The van der Waals surface area contributed by atoms with Gasteiger partial charge < -0.3 is 5.73 Å². The van der Waals surface area contributed by atoms with Gasteiger partial charge in [0.15, 0.2) is 0 Å². The molecule has 2 saturated carbocycles. The number of amides is 1. The molecule has 0 spiro atoms. The largest absolute Gasteiger partial charge is 0.394 e. The first kappa shape index (κ1) is 13.7. The first-order chi connectivity index (χ1) is 8.08. The van der Waals surface area contributed by atoms with Crippen LogP contribution in [0.25, 0.3) is 0 Å². The van der Waals surface area contributed by atoms with Crippen molar-refractivity contribution in [2.75, 3.05) is 0 Å². The maximum Gasteiger partial charge on any atom is 0.394 e. The first-order valence-corrected chi connectivity index (χ1v) is 6.45. The number of primary amides is 1. The Hall–Kier alpha value is -0.740. The quantitative estimate of drug-likeness (QED) is 0.775. The number of rotatable bonds is 1. The van der Waals surface area contributed by atoms with Gasteiger partial charge in [-0.15, -0.1) is 0 Å². The van der Waals surface area contributed by atoms with Crippen LogP contribution in [0.1, 0.15) is 46.0 Å². The van der Waals surface area contributed by atoms with E-state index in [0.29, 0.717) is 6.42 Å². The smallest absolute Gasteiger partial charge is 0.369 e. The van der Waals surface area contributed by atoms with Crippen molar-refractivity contribution < 1.29 is 18.0 Å². The van der Waals surface area contributed by atoms with Crippen LogP contribution in [0.15, 0.2) is 0 Å². The van der Waals surface area contributed by atoms with E-state index in [1.54, 1.807) is 6.92 Å². The Morgan fingerprint density at radius 3 is 2.39 bits per heavy atom. The van der Waals surface area contributed by atoms with Crippen LogP contribution in [0.4, 0.5) is 13.2 Å². The second-order valence-electron chi connectivity index (χ2n) is 6.70. The van der Waals surface area contributed by atoms with Crippen LogP contribution in [-0.4, -0.2) is 12.1 Å². The number of alkyl halides is 3. The van der Waals surface area contributed by atoms with Crippen LogP contribution in [0, 0.1) is 22.7 Å². The summed E-state index contributed by atoms with van der Waals surface area (Å²) < 4.78 is 40.3. The topological polar surface area (TPSA) is 43.1 Å². The van der Waals surface area contributed by atoms with Gasteiger partial charge in [0, 0.05) is 5.41 Å². The lowest BCUT2D eigenvalue weighted by Crippen LogP contribution is -2.54. The lowest BCUT2D eigenvalue weighted by atomic mass is 9.52. The highest BCUT2D eigenvalue weighted by molar-refractivity contribution is 5.80. The minimum atomic E-state index is -4.24. The summed E-state index contributed by atoms with van der Waals surface area (Å²) >= 11 is 0. The SMILES string of the molecule is CC1CC2CC(C)(C(N)=O)CC(C(F)(F)F)(C1)C2. The monoisotopic (exact) mass is 263 g/mol. The maximum atomic E-state index is 13.4. The van der Waals surface area contributed by atoms with E-state index in [1.807, 2.05) is 6.92 Å². The lowest BCUT2D eigenvalue weighted by Gasteiger charge is -2.53. The van der Waals surface area contributed by atoms with Gasteiger partial charge in [-0.3, -0.25) is 4.79 Å². The fraction of sp³-hybridized carbons (Fsp3) is 0.923. The molecule has 0 aromatic carbocycles. The molecule has 4 unspecified atom stereocenters. The summed E-state index contributed by atoms with van der Waals surface area (Å²) in [5.74, 6) is -0.542. The molecule has 0 saturated heterocycles. The molecule has 0 aromatic heterocycles. The number of halogens is 3. The molecule has 104 valence electrons. The fourth-order valence-corrected chi connectivity index (χ4v) is 4.31. The number of hydrogen-bond donors (Lipinski definition) is 1. The van der Waals surface area contributed by atoms with Gasteiger partial charge >= 0.3 is 6.18 Å². The molecule has 5 heteroatoms. The third-order valence-electron chi connectivity index (χ3n) is 4.82. The van der Waals surface area contributed by atoms with Gasteiger partial charge in [0.05, 0.1) is 5.41 Å². The Bertz CT molecular complexity index is 364. The van der Waals surface area contributed by atoms with Gasteiger partial charge in [0.2, 0.25) is 5.91 Å². The predicted octanol–water partition coefficient (Wildman–Crippen LogP) is 3.26. The molecular formula is C13H20F3NO. The van der Waals surface area contributed by atoms with Crippen LogP contribution in [-0.2, 0) is 4.79 Å². The predicted molar refractivity (Wildman–Crippen MR) is 61.5 cm³/mol. The Balaban J connectivity index is 2.39. The van der Waals surface area contributed by atoms with Gasteiger partial charge in [-0.1, -0.05) is 13.8 Å². The summed E-state index contributed by atoms with van der Waals surface area (Å²) in [5, 5.41) is 0. The van der Waals surface area contributed by atoms with E-state index in [9.17, 15) is 18.0 Å². The molecule has 18 heavy (non-hydrogen) atoms. The Labute approximate surface area is 105 Å². The highest BCUT2D eigenvalue weighted by Crippen LogP contribution is 2.62. The van der Waals surface area contributed by atoms with Gasteiger partial charge in [0.1, 0.15) is 0 Å².